The Morgan fingerprint density at radius 2 is 1.93 bits per heavy atom. The third-order valence-corrected chi connectivity index (χ3v) is 5.45. The van der Waals surface area contributed by atoms with Gasteiger partial charge >= 0.3 is 6.03 Å². The van der Waals surface area contributed by atoms with Crippen LogP contribution in [-0.2, 0) is 16.0 Å². The molecule has 1 unspecified atom stereocenters. The SMILES string of the molecule is CC(CCc1ccc(F)cc1)NC(=O)CCN1C(=O)NC2(CCCC2)C1=O. The molecule has 1 aromatic carbocycles. The number of benzene rings is 1. The molecular formula is C20H26FN3O3. The van der Waals surface area contributed by atoms with Gasteiger partial charge in [0, 0.05) is 19.0 Å². The van der Waals surface area contributed by atoms with Crippen LogP contribution in [0.5, 0.6) is 0 Å². The highest BCUT2D eigenvalue weighted by Gasteiger charge is 2.52. The third-order valence-electron chi connectivity index (χ3n) is 5.45. The molecule has 2 aliphatic rings. The molecule has 1 saturated heterocycles. The average molecular weight is 375 g/mol. The minimum atomic E-state index is -0.726. The summed E-state index contributed by atoms with van der Waals surface area (Å²) in [6.45, 7) is 2.01. The number of urea groups is 1. The van der Waals surface area contributed by atoms with Crippen molar-refractivity contribution in [2.45, 2.75) is 63.5 Å². The molecule has 2 N–H and O–H groups in total. The summed E-state index contributed by atoms with van der Waals surface area (Å²) in [4.78, 5) is 38.0. The number of carbonyl (C=O) groups excluding carboxylic acids is 3. The number of hydrogen-bond donors (Lipinski definition) is 2. The second kappa shape index (κ2) is 8.06. The van der Waals surface area contributed by atoms with E-state index in [4.69, 9.17) is 0 Å². The van der Waals surface area contributed by atoms with Crippen LogP contribution in [0.2, 0.25) is 0 Å². The average Bonchev–Trinajstić information content (AvgIpc) is 3.19. The maximum Gasteiger partial charge on any atom is 0.325 e. The first-order valence-corrected chi connectivity index (χ1v) is 9.57. The van der Waals surface area contributed by atoms with E-state index in [1.165, 1.54) is 17.0 Å². The van der Waals surface area contributed by atoms with Gasteiger partial charge in [0.25, 0.3) is 5.91 Å². The molecule has 2 fully saturated rings. The summed E-state index contributed by atoms with van der Waals surface area (Å²) in [5, 5.41) is 5.71. The van der Waals surface area contributed by atoms with E-state index in [1.807, 2.05) is 6.92 Å². The molecule has 4 amide bonds. The molecule has 3 rings (SSSR count). The number of halogens is 1. The lowest BCUT2D eigenvalue weighted by Crippen LogP contribution is -2.44. The van der Waals surface area contributed by atoms with Gasteiger partial charge in [0.2, 0.25) is 5.91 Å². The number of nitrogens with one attached hydrogen (secondary N) is 2. The minimum absolute atomic E-state index is 0.0492. The van der Waals surface area contributed by atoms with Gasteiger partial charge in [0.05, 0.1) is 0 Å². The monoisotopic (exact) mass is 375 g/mol. The lowest BCUT2D eigenvalue weighted by atomic mass is 9.98. The Labute approximate surface area is 158 Å². The fraction of sp³-hybridized carbons (Fsp3) is 0.550. The number of carbonyl (C=O) groups is 3. The zero-order valence-electron chi connectivity index (χ0n) is 15.6. The van der Waals surface area contributed by atoms with Gasteiger partial charge in [0.15, 0.2) is 0 Å². The number of amides is 4. The highest BCUT2D eigenvalue weighted by molar-refractivity contribution is 6.07. The van der Waals surface area contributed by atoms with Crippen LogP contribution in [0, 0.1) is 5.82 Å². The molecular weight excluding hydrogens is 349 g/mol. The first-order chi connectivity index (χ1) is 12.9. The highest BCUT2D eigenvalue weighted by atomic mass is 19.1. The van der Waals surface area contributed by atoms with E-state index in [-0.39, 0.29) is 42.7 Å². The van der Waals surface area contributed by atoms with Crippen LogP contribution in [0.3, 0.4) is 0 Å². The molecule has 1 saturated carbocycles. The summed E-state index contributed by atoms with van der Waals surface area (Å²) in [6, 6.07) is 5.88. The maximum absolute atomic E-state index is 12.9. The number of hydrogen-bond acceptors (Lipinski definition) is 3. The van der Waals surface area contributed by atoms with Crippen molar-refractivity contribution in [1.82, 2.24) is 15.5 Å². The second-order valence-corrected chi connectivity index (χ2v) is 7.56. The quantitative estimate of drug-likeness (QED) is 0.719. The number of nitrogens with zero attached hydrogens (tertiary/aromatic N) is 1. The van der Waals surface area contributed by atoms with E-state index in [0.717, 1.165) is 31.2 Å². The molecule has 6 nitrogen and oxygen atoms in total. The zero-order chi connectivity index (χ0) is 19.4. The minimum Gasteiger partial charge on any atom is -0.354 e. The number of aryl methyl sites for hydroxylation is 1. The molecule has 1 aromatic rings. The summed E-state index contributed by atoms with van der Waals surface area (Å²) < 4.78 is 12.9. The van der Waals surface area contributed by atoms with Crippen molar-refractivity contribution < 1.29 is 18.8 Å². The summed E-state index contributed by atoms with van der Waals surface area (Å²) in [6.07, 6.45) is 4.79. The lowest BCUT2D eigenvalue weighted by molar-refractivity contribution is -0.131. The van der Waals surface area contributed by atoms with E-state index in [2.05, 4.69) is 10.6 Å². The summed E-state index contributed by atoms with van der Waals surface area (Å²) in [7, 11) is 0. The van der Waals surface area contributed by atoms with Crippen molar-refractivity contribution in [2.75, 3.05) is 6.54 Å². The molecule has 146 valence electrons. The molecule has 1 aliphatic carbocycles. The van der Waals surface area contributed by atoms with E-state index in [1.54, 1.807) is 12.1 Å². The normalized spacial score (nSPS) is 19.4. The fourth-order valence-electron chi connectivity index (χ4n) is 3.86. The van der Waals surface area contributed by atoms with Gasteiger partial charge in [-0.1, -0.05) is 25.0 Å². The fourth-order valence-corrected chi connectivity index (χ4v) is 3.86. The van der Waals surface area contributed by atoms with E-state index >= 15 is 0 Å². The molecule has 0 radical (unpaired) electrons. The predicted octanol–water partition coefficient (Wildman–Crippen LogP) is 2.52. The molecule has 1 spiro atoms. The Morgan fingerprint density at radius 1 is 1.26 bits per heavy atom. The molecule has 1 atom stereocenters. The van der Waals surface area contributed by atoms with Crippen molar-refractivity contribution in [2.24, 2.45) is 0 Å². The lowest BCUT2D eigenvalue weighted by Gasteiger charge is -2.20. The first-order valence-electron chi connectivity index (χ1n) is 9.57. The number of imide groups is 1. The van der Waals surface area contributed by atoms with Crippen LogP contribution < -0.4 is 10.6 Å². The first kappa shape index (κ1) is 19.3. The van der Waals surface area contributed by atoms with Crippen molar-refractivity contribution in [3.63, 3.8) is 0 Å². The van der Waals surface area contributed by atoms with Gasteiger partial charge in [-0.2, -0.15) is 0 Å². The molecule has 1 heterocycles. The zero-order valence-corrected chi connectivity index (χ0v) is 15.6. The molecule has 0 bridgehead atoms. The van der Waals surface area contributed by atoms with Crippen molar-refractivity contribution in [3.8, 4) is 0 Å². The van der Waals surface area contributed by atoms with Crippen LogP contribution in [0.25, 0.3) is 0 Å². The van der Waals surface area contributed by atoms with E-state index in [0.29, 0.717) is 12.8 Å². The summed E-state index contributed by atoms with van der Waals surface area (Å²) in [5.74, 6) is -0.642. The second-order valence-electron chi connectivity index (χ2n) is 7.56. The largest absolute Gasteiger partial charge is 0.354 e. The Hall–Kier alpha value is -2.44. The smallest absolute Gasteiger partial charge is 0.325 e. The Morgan fingerprint density at radius 3 is 2.59 bits per heavy atom. The third kappa shape index (κ3) is 4.46. The summed E-state index contributed by atoms with van der Waals surface area (Å²) in [5.41, 5.74) is 0.286. The van der Waals surface area contributed by atoms with Gasteiger partial charge in [0.1, 0.15) is 11.4 Å². The van der Waals surface area contributed by atoms with Crippen LogP contribution in [-0.4, -0.2) is 40.9 Å². The predicted molar refractivity (Wildman–Crippen MR) is 98.4 cm³/mol. The van der Waals surface area contributed by atoms with Crippen molar-refractivity contribution in [3.05, 3.63) is 35.6 Å². The molecule has 7 heteroatoms. The molecule has 27 heavy (non-hydrogen) atoms. The molecule has 1 aliphatic heterocycles. The van der Waals surface area contributed by atoms with Gasteiger partial charge in [-0.05, 0) is 50.3 Å². The van der Waals surface area contributed by atoms with Gasteiger partial charge in [-0.3, -0.25) is 14.5 Å². The maximum atomic E-state index is 12.9. The van der Waals surface area contributed by atoms with Crippen molar-refractivity contribution in [1.29, 1.82) is 0 Å². The summed E-state index contributed by atoms with van der Waals surface area (Å²) >= 11 is 0. The topological polar surface area (TPSA) is 78.5 Å². The van der Waals surface area contributed by atoms with E-state index in [9.17, 15) is 18.8 Å². The Kier molecular flexibility index (Phi) is 5.77. The van der Waals surface area contributed by atoms with Gasteiger partial charge in [-0.15, -0.1) is 0 Å². The molecule has 0 aromatic heterocycles. The van der Waals surface area contributed by atoms with Crippen LogP contribution in [0.4, 0.5) is 9.18 Å². The Bertz CT molecular complexity index is 714. The number of rotatable bonds is 7. The van der Waals surface area contributed by atoms with Crippen molar-refractivity contribution >= 4 is 17.8 Å². The van der Waals surface area contributed by atoms with Crippen LogP contribution in [0.1, 0.15) is 51.0 Å². The van der Waals surface area contributed by atoms with E-state index < -0.39 is 5.54 Å². The standard InChI is InChI=1S/C20H26FN3O3/c1-14(4-5-15-6-8-16(21)9-7-15)22-17(25)10-13-24-18(26)20(23-19(24)27)11-2-3-12-20/h6-9,14H,2-5,10-13H2,1H3,(H,22,25)(H,23,27). The Balaban J connectivity index is 1.42. The van der Waals surface area contributed by atoms with Crippen LogP contribution in [0.15, 0.2) is 24.3 Å². The van der Waals surface area contributed by atoms with Gasteiger partial charge < -0.3 is 10.6 Å². The highest BCUT2D eigenvalue weighted by Crippen LogP contribution is 2.34. The van der Waals surface area contributed by atoms with Crippen LogP contribution >= 0.6 is 0 Å². The van der Waals surface area contributed by atoms with Gasteiger partial charge in [-0.25, -0.2) is 9.18 Å².